The molecule has 5 rings (SSSR count). The van der Waals surface area contributed by atoms with E-state index in [9.17, 15) is 24.3 Å². The van der Waals surface area contributed by atoms with E-state index in [1.54, 1.807) is 17.1 Å². The average molecular weight is 638 g/mol. The van der Waals surface area contributed by atoms with E-state index in [1.165, 1.54) is 12.0 Å². The van der Waals surface area contributed by atoms with Gasteiger partial charge in [0, 0.05) is 25.6 Å². The Morgan fingerprint density at radius 1 is 1.09 bits per heavy atom. The van der Waals surface area contributed by atoms with Gasteiger partial charge in [-0.25, -0.2) is 0 Å². The number of cyclic esters (lactones) is 1. The molecular formula is C35H47N3O8. The number of nitrogens with one attached hydrogen (secondary N) is 1. The first-order valence-electron chi connectivity index (χ1n) is 16.2. The van der Waals surface area contributed by atoms with Gasteiger partial charge in [0.05, 0.1) is 37.3 Å². The van der Waals surface area contributed by atoms with E-state index in [1.807, 2.05) is 77.1 Å². The second-order valence-electron chi connectivity index (χ2n) is 14.0. The van der Waals surface area contributed by atoms with E-state index in [2.05, 4.69) is 5.32 Å². The van der Waals surface area contributed by atoms with Crippen molar-refractivity contribution in [2.75, 3.05) is 26.9 Å². The number of carbonyl (C=O) groups excluding carboxylic acids is 4. The summed E-state index contributed by atoms with van der Waals surface area (Å²) in [5, 5.41) is 13.5. The molecule has 8 atom stereocenters. The van der Waals surface area contributed by atoms with Crippen molar-refractivity contribution in [2.24, 2.45) is 17.8 Å². The average Bonchev–Trinajstić information content (AvgIpc) is 3.64. The zero-order valence-electron chi connectivity index (χ0n) is 27.5. The maximum atomic E-state index is 14.8. The van der Waals surface area contributed by atoms with Crippen molar-refractivity contribution in [2.45, 2.75) is 88.9 Å². The topological polar surface area (TPSA) is 135 Å². The highest BCUT2D eigenvalue weighted by molar-refractivity contribution is 5.99. The molecule has 4 aliphatic rings. The minimum absolute atomic E-state index is 0.0721. The van der Waals surface area contributed by atoms with Crippen molar-refractivity contribution >= 4 is 23.7 Å². The number of allylic oxidation sites excluding steroid dienone is 1. The van der Waals surface area contributed by atoms with Crippen molar-refractivity contribution in [3.8, 4) is 0 Å². The van der Waals surface area contributed by atoms with Crippen LogP contribution in [0.2, 0.25) is 0 Å². The second kappa shape index (κ2) is 13.3. The van der Waals surface area contributed by atoms with Gasteiger partial charge >= 0.3 is 5.97 Å². The molecule has 250 valence electrons. The second-order valence-corrected chi connectivity index (χ2v) is 14.0. The lowest BCUT2D eigenvalue weighted by Crippen LogP contribution is -2.62. The lowest BCUT2D eigenvalue weighted by atomic mass is 9.74. The number of benzene rings is 1. The van der Waals surface area contributed by atoms with Gasteiger partial charge in [0.15, 0.2) is 0 Å². The maximum Gasteiger partial charge on any atom is 0.313 e. The summed E-state index contributed by atoms with van der Waals surface area (Å²) in [6.07, 6.45) is 6.10. The first-order chi connectivity index (χ1) is 21.9. The van der Waals surface area contributed by atoms with Gasteiger partial charge in [-0.2, -0.15) is 0 Å². The third kappa shape index (κ3) is 6.00. The molecule has 5 bridgehead atoms. The number of hydrogen-bond acceptors (Lipinski definition) is 8. The fourth-order valence-electron chi connectivity index (χ4n) is 7.38. The number of aliphatic hydroxyl groups excluding tert-OH is 1. The van der Waals surface area contributed by atoms with E-state index < -0.39 is 65.2 Å². The third-order valence-corrected chi connectivity index (χ3v) is 9.63. The van der Waals surface area contributed by atoms with Crippen LogP contribution < -0.4 is 5.32 Å². The van der Waals surface area contributed by atoms with Crippen LogP contribution in [0.25, 0.3) is 0 Å². The van der Waals surface area contributed by atoms with E-state index in [0.717, 1.165) is 0 Å². The van der Waals surface area contributed by atoms with Crippen molar-refractivity contribution in [3.63, 3.8) is 0 Å². The summed E-state index contributed by atoms with van der Waals surface area (Å²) >= 11 is 0. The Morgan fingerprint density at radius 2 is 1.80 bits per heavy atom. The zero-order chi connectivity index (χ0) is 33.4. The summed E-state index contributed by atoms with van der Waals surface area (Å²) in [5.41, 5.74) is -1.42. The number of hydrogen-bond donors (Lipinski definition) is 2. The zero-order valence-corrected chi connectivity index (χ0v) is 27.5. The van der Waals surface area contributed by atoms with Crippen LogP contribution in [0, 0.1) is 17.8 Å². The quantitative estimate of drug-likeness (QED) is 0.359. The molecule has 0 aliphatic carbocycles. The molecule has 11 heteroatoms. The minimum atomic E-state index is -1.42. The van der Waals surface area contributed by atoms with Gasteiger partial charge in [-0.1, -0.05) is 68.5 Å². The number of ether oxygens (including phenoxy) is 3. The van der Waals surface area contributed by atoms with Crippen molar-refractivity contribution in [3.05, 3.63) is 60.2 Å². The first kappa shape index (κ1) is 33.8. The van der Waals surface area contributed by atoms with Crippen LogP contribution in [0.3, 0.4) is 0 Å². The molecule has 0 saturated carbocycles. The molecule has 2 N–H and O–H groups in total. The molecule has 11 nitrogen and oxygen atoms in total. The number of amides is 3. The van der Waals surface area contributed by atoms with Crippen LogP contribution in [0.15, 0.2) is 54.6 Å². The number of rotatable bonds is 6. The summed E-state index contributed by atoms with van der Waals surface area (Å²) in [6.45, 7) is 9.47. The normalized spacial score (nSPS) is 33.3. The SMILES string of the molecule is COC[C@@H]1NC(=O)CC/C=C\CN(C(C)(C)C)C(=O)[C@H]2N([C@@H](CO)C(C)C)C(=O)[C@@H]3[C@@H](C(=O)O[C@H]1c1ccccc1)[C@H]1C=C[C@]32O1. The number of fused-ring (bicyclic) bond motifs is 2. The monoisotopic (exact) mass is 637 g/mol. The Kier molecular flexibility index (Phi) is 9.77. The fourth-order valence-corrected chi connectivity index (χ4v) is 7.38. The summed E-state index contributed by atoms with van der Waals surface area (Å²) < 4.78 is 18.3. The lowest BCUT2D eigenvalue weighted by molar-refractivity contribution is -0.163. The highest BCUT2D eigenvalue weighted by Gasteiger charge is 2.74. The highest BCUT2D eigenvalue weighted by Crippen LogP contribution is 2.56. The molecule has 4 aliphatic heterocycles. The predicted molar refractivity (Wildman–Crippen MR) is 169 cm³/mol. The summed E-state index contributed by atoms with van der Waals surface area (Å²) in [6, 6.07) is 6.58. The van der Waals surface area contributed by atoms with Gasteiger partial charge in [0.1, 0.15) is 23.7 Å². The lowest BCUT2D eigenvalue weighted by Gasteiger charge is -2.43. The fraction of sp³-hybridized carbons (Fsp3) is 0.600. The molecule has 46 heavy (non-hydrogen) atoms. The van der Waals surface area contributed by atoms with Gasteiger partial charge in [-0.05, 0) is 38.7 Å². The first-order valence-corrected chi connectivity index (χ1v) is 16.2. The molecule has 1 spiro atoms. The molecule has 0 aromatic heterocycles. The van der Waals surface area contributed by atoms with Crippen LogP contribution in [-0.4, -0.2) is 101 Å². The van der Waals surface area contributed by atoms with Gasteiger partial charge < -0.3 is 34.4 Å². The number of methoxy groups -OCH3 is 1. The molecule has 1 aromatic rings. The van der Waals surface area contributed by atoms with Crippen LogP contribution >= 0.6 is 0 Å². The standard InChI is InChI=1S/C35H47N3O8/c1-21(2)24(19-39)38-30-32(42)37(34(3,4)5)18-12-8-11-15-26(40)36-23(20-44-6)29(22-13-9-7-10-14-22)45-33(43)27-25-16-17-35(30,46-25)28(27)31(38)41/h7-10,12-14,16-17,21,23-25,27-30,39H,11,15,18-20H2,1-6H3,(H,36,40)/b12-8-/t23-,24-,25+,27-,28-,29-,30+,35-/m0/s1. The van der Waals surface area contributed by atoms with Gasteiger partial charge in [0.2, 0.25) is 17.7 Å². The third-order valence-electron chi connectivity index (χ3n) is 9.63. The molecule has 2 saturated heterocycles. The number of carbonyl (C=O) groups is 4. The van der Waals surface area contributed by atoms with Crippen LogP contribution in [0.4, 0.5) is 0 Å². The van der Waals surface area contributed by atoms with E-state index >= 15 is 0 Å². The van der Waals surface area contributed by atoms with Crippen LogP contribution in [-0.2, 0) is 33.4 Å². The summed E-state index contributed by atoms with van der Waals surface area (Å²) in [5.74, 6) is -3.96. The largest absolute Gasteiger partial charge is 0.455 e. The number of aliphatic hydroxyl groups is 1. The Balaban J connectivity index is 1.65. The van der Waals surface area contributed by atoms with Gasteiger partial charge in [0.25, 0.3) is 0 Å². The minimum Gasteiger partial charge on any atom is -0.455 e. The Bertz CT molecular complexity index is 1370. The molecule has 4 heterocycles. The van der Waals surface area contributed by atoms with Crippen molar-refractivity contribution in [1.29, 1.82) is 0 Å². The van der Waals surface area contributed by atoms with Crippen molar-refractivity contribution < 1.29 is 38.5 Å². The van der Waals surface area contributed by atoms with E-state index in [0.29, 0.717) is 12.0 Å². The molecule has 1 aromatic carbocycles. The molecule has 0 unspecified atom stereocenters. The Hall–Kier alpha value is -3.54. The highest BCUT2D eigenvalue weighted by atomic mass is 16.6. The van der Waals surface area contributed by atoms with Crippen LogP contribution in [0.1, 0.15) is 59.1 Å². The Labute approximate surface area is 270 Å². The van der Waals surface area contributed by atoms with Crippen LogP contribution in [0.5, 0.6) is 0 Å². The Morgan fingerprint density at radius 3 is 2.43 bits per heavy atom. The maximum absolute atomic E-state index is 14.8. The molecule has 3 amide bonds. The number of nitrogens with zero attached hydrogens (tertiary/aromatic N) is 2. The molecule has 2 fully saturated rings. The summed E-state index contributed by atoms with van der Waals surface area (Å²) in [4.78, 5) is 59.9. The van der Waals surface area contributed by atoms with Crippen molar-refractivity contribution in [1.82, 2.24) is 15.1 Å². The smallest absolute Gasteiger partial charge is 0.313 e. The van der Waals surface area contributed by atoms with E-state index in [-0.39, 0.29) is 43.9 Å². The summed E-state index contributed by atoms with van der Waals surface area (Å²) in [7, 11) is 1.51. The molecule has 0 radical (unpaired) electrons. The number of likely N-dealkylation sites (tertiary alicyclic amines) is 1. The molecular weight excluding hydrogens is 590 g/mol. The van der Waals surface area contributed by atoms with Gasteiger partial charge in [-0.15, -0.1) is 0 Å². The number of esters is 1. The predicted octanol–water partition coefficient (Wildman–Crippen LogP) is 2.55. The van der Waals surface area contributed by atoms with Gasteiger partial charge in [-0.3, -0.25) is 19.2 Å². The van der Waals surface area contributed by atoms with E-state index in [4.69, 9.17) is 14.2 Å².